The van der Waals surface area contributed by atoms with E-state index in [9.17, 15) is 27.1 Å². The number of nitrogens with zero attached hydrogens (tertiary/aromatic N) is 1. The molecule has 11 heteroatoms. The van der Waals surface area contributed by atoms with Gasteiger partial charge in [-0.2, -0.15) is 4.31 Å². The molecule has 6 nitrogen and oxygen atoms in total. The van der Waals surface area contributed by atoms with Crippen LogP contribution in [0.2, 0.25) is 5.02 Å². The summed E-state index contributed by atoms with van der Waals surface area (Å²) in [6.45, 7) is 1.96. The zero-order valence-electron chi connectivity index (χ0n) is 19.4. The van der Waals surface area contributed by atoms with Gasteiger partial charge in [-0.1, -0.05) is 30.5 Å². The van der Waals surface area contributed by atoms with E-state index in [0.29, 0.717) is 17.9 Å². The first-order chi connectivity index (χ1) is 16.4. The van der Waals surface area contributed by atoms with Gasteiger partial charge in [-0.05, 0) is 57.0 Å². The van der Waals surface area contributed by atoms with Crippen molar-refractivity contribution in [1.82, 2.24) is 9.62 Å². The Morgan fingerprint density at radius 2 is 1.74 bits per heavy atom. The third-order valence-electron chi connectivity index (χ3n) is 6.02. The number of carbonyl (C=O) groups excluding carboxylic acids is 1. The summed E-state index contributed by atoms with van der Waals surface area (Å²) in [4.78, 5) is 12.2. The van der Waals surface area contributed by atoms with E-state index in [1.54, 1.807) is 0 Å². The first-order valence-corrected chi connectivity index (χ1v) is 13.0. The summed E-state index contributed by atoms with van der Waals surface area (Å²) in [6.07, 6.45) is 0.116. The number of halogens is 4. The number of aliphatic hydroxyl groups is 1. The zero-order valence-corrected chi connectivity index (χ0v) is 21.0. The van der Waals surface area contributed by atoms with Crippen LogP contribution in [0.15, 0.2) is 41.3 Å². The number of sulfonamides is 1. The second kappa shape index (κ2) is 10.9. The maximum Gasteiger partial charge on any atom is 0.254 e. The fourth-order valence-corrected chi connectivity index (χ4v) is 5.76. The van der Waals surface area contributed by atoms with Crippen molar-refractivity contribution < 1.29 is 31.5 Å². The second-order valence-electron chi connectivity index (χ2n) is 9.27. The molecule has 1 amide bonds. The lowest BCUT2D eigenvalue weighted by atomic mass is 9.93. The van der Waals surface area contributed by atoms with Crippen LogP contribution in [0, 0.1) is 11.6 Å². The highest BCUT2D eigenvalue weighted by Crippen LogP contribution is 2.32. The monoisotopic (exact) mass is 532 g/mol. The molecule has 0 bridgehead atoms. The fraction of sp³-hybridized carbons (Fsp3) is 0.458. The minimum Gasteiger partial charge on any atom is -0.394 e. The molecule has 2 atom stereocenters. The third kappa shape index (κ3) is 6.17. The predicted molar refractivity (Wildman–Crippen MR) is 126 cm³/mol. The number of rotatable bonds is 8. The van der Waals surface area contributed by atoms with Crippen molar-refractivity contribution in [3.8, 4) is 0 Å². The van der Waals surface area contributed by atoms with Gasteiger partial charge in [0.2, 0.25) is 10.0 Å². The Labute approximate surface area is 208 Å². The Morgan fingerprint density at radius 1 is 1.11 bits per heavy atom. The average Bonchev–Trinajstić information content (AvgIpc) is 2.80. The van der Waals surface area contributed by atoms with E-state index in [1.807, 2.05) is 0 Å². The smallest absolute Gasteiger partial charge is 0.254 e. The molecule has 2 N–H and O–H groups in total. The topological polar surface area (TPSA) is 86.7 Å². The van der Waals surface area contributed by atoms with Crippen LogP contribution in [0.1, 0.15) is 55.5 Å². The molecule has 192 valence electrons. The first-order valence-electron chi connectivity index (χ1n) is 11.2. The number of aliphatic hydroxyl groups excluding tert-OH is 1. The van der Waals surface area contributed by atoms with Crippen molar-refractivity contribution >= 4 is 27.5 Å². The summed E-state index contributed by atoms with van der Waals surface area (Å²) in [5.41, 5.74) is -2.00. The molecule has 1 fully saturated rings. The van der Waals surface area contributed by atoms with Gasteiger partial charge in [0.25, 0.3) is 5.91 Å². The molecule has 1 aliphatic rings. The van der Waals surface area contributed by atoms with Gasteiger partial charge in [0, 0.05) is 17.1 Å². The molecule has 0 aliphatic heterocycles. The average molecular weight is 533 g/mol. The van der Waals surface area contributed by atoms with Gasteiger partial charge in [0.05, 0.1) is 28.6 Å². The Hall–Kier alpha value is -2.14. The maximum atomic E-state index is 15.1. The van der Waals surface area contributed by atoms with Crippen LogP contribution in [0.4, 0.5) is 13.2 Å². The number of hydrogen-bond acceptors (Lipinski definition) is 4. The van der Waals surface area contributed by atoms with Gasteiger partial charge in [-0.15, -0.1) is 0 Å². The lowest BCUT2D eigenvalue weighted by molar-refractivity contribution is 0.0864. The first kappa shape index (κ1) is 27.4. The molecule has 0 radical (unpaired) electrons. The SMILES string of the molecule is CC(C)(CO)NC(=O)c1ccc(CN(C2CCCCC2F)S(=O)(=O)c2ccc(Cl)cc2)c(F)c1F. The standard InChI is InChI=1S/C24H28ClF3N2O4S/c1-24(2,14-31)29-23(32)18-12-7-15(21(27)22(18)28)13-30(20-6-4-3-5-19(20)26)35(33,34)17-10-8-16(25)9-11-17/h7-12,19-20,31H,3-6,13-14H2,1-2H3,(H,29,32). The summed E-state index contributed by atoms with van der Waals surface area (Å²) >= 11 is 5.86. The van der Waals surface area contributed by atoms with Gasteiger partial charge in [0.1, 0.15) is 6.17 Å². The molecule has 0 heterocycles. The molecule has 1 saturated carbocycles. The van der Waals surface area contributed by atoms with Crippen molar-refractivity contribution in [3.63, 3.8) is 0 Å². The minimum absolute atomic E-state index is 0.150. The van der Waals surface area contributed by atoms with Gasteiger partial charge in [0.15, 0.2) is 11.6 Å². The Morgan fingerprint density at radius 3 is 2.34 bits per heavy atom. The number of nitrogens with one attached hydrogen (secondary N) is 1. The van der Waals surface area contributed by atoms with Gasteiger partial charge in [-0.25, -0.2) is 21.6 Å². The number of amides is 1. The largest absolute Gasteiger partial charge is 0.394 e. The summed E-state index contributed by atoms with van der Waals surface area (Å²) in [7, 11) is -4.29. The lowest BCUT2D eigenvalue weighted by Crippen LogP contribution is -2.47. The fourth-order valence-electron chi connectivity index (χ4n) is 3.98. The van der Waals surface area contributed by atoms with E-state index in [4.69, 9.17) is 11.6 Å². The molecule has 35 heavy (non-hydrogen) atoms. The molecule has 0 saturated heterocycles. The number of alkyl halides is 1. The third-order valence-corrected chi connectivity index (χ3v) is 8.15. The molecular formula is C24H28ClF3N2O4S. The normalized spacial score (nSPS) is 19.1. The highest BCUT2D eigenvalue weighted by Gasteiger charge is 2.39. The number of carbonyl (C=O) groups is 1. The van der Waals surface area contributed by atoms with Crippen LogP contribution in [-0.2, 0) is 16.6 Å². The van der Waals surface area contributed by atoms with Crippen LogP contribution >= 0.6 is 11.6 Å². The molecule has 0 aromatic heterocycles. The molecular weight excluding hydrogens is 505 g/mol. The summed E-state index contributed by atoms with van der Waals surface area (Å²) < 4.78 is 72.6. The minimum atomic E-state index is -4.29. The van der Waals surface area contributed by atoms with E-state index in [0.717, 1.165) is 16.4 Å². The van der Waals surface area contributed by atoms with Crippen molar-refractivity contribution in [1.29, 1.82) is 0 Å². The predicted octanol–water partition coefficient (Wildman–Crippen LogP) is 4.59. The molecule has 0 spiro atoms. The summed E-state index contributed by atoms with van der Waals surface area (Å²) in [6, 6.07) is 6.39. The van der Waals surface area contributed by atoms with E-state index < -0.39 is 64.0 Å². The molecule has 2 aromatic carbocycles. The van der Waals surface area contributed by atoms with Crippen LogP contribution in [0.25, 0.3) is 0 Å². The molecule has 2 aromatic rings. The quantitative estimate of drug-likeness (QED) is 0.520. The Balaban J connectivity index is 1.99. The number of benzene rings is 2. The van der Waals surface area contributed by atoms with Crippen LogP contribution in [-0.4, -0.2) is 48.1 Å². The van der Waals surface area contributed by atoms with Crippen LogP contribution in [0.3, 0.4) is 0 Å². The Bertz CT molecular complexity index is 1180. The summed E-state index contributed by atoms with van der Waals surface area (Å²) in [5, 5.41) is 12.0. The Kier molecular flexibility index (Phi) is 8.52. The lowest BCUT2D eigenvalue weighted by Gasteiger charge is -2.35. The van der Waals surface area contributed by atoms with Crippen molar-refractivity contribution in [2.75, 3.05) is 6.61 Å². The maximum absolute atomic E-state index is 15.1. The van der Waals surface area contributed by atoms with Gasteiger partial charge < -0.3 is 10.4 Å². The van der Waals surface area contributed by atoms with Gasteiger partial charge >= 0.3 is 0 Å². The van der Waals surface area contributed by atoms with Crippen LogP contribution in [0.5, 0.6) is 0 Å². The highest BCUT2D eigenvalue weighted by atomic mass is 35.5. The van der Waals surface area contributed by atoms with E-state index in [1.165, 1.54) is 38.1 Å². The molecule has 1 aliphatic carbocycles. The highest BCUT2D eigenvalue weighted by molar-refractivity contribution is 7.89. The number of hydrogen-bond donors (Lipinski definition) is 2. The molecule has 3 rings (SSSR count). The van der Waals surface area contributed by atoms with E-state index in [2.05, 4.69) is 5.32 Å². The van der Waals surface area contributed by atoms with Gasteiger partial charge in [-0.3, -0.25) is 4.79 Å². The zero-order chi connectivity index (χ0) is 26.0. The van der Waals surface area contributed by atoms with Crippen molar-refractivity contribution in [2.24, 2.45) is 0 Å². The van der Waals surface area contributed by atoms with Crippen molar-refractivity contribution in [3.05, 3.63) is 64.2 Å². The summed E-state index contributed by atoms with van der Waals surface area (Å²) in [5.74, 6) is -3.80. The van der Waals surface area contributed by atoms with E-state index >= 15 is 4.39 Å². The van der Waals surface area contributed by atoms with Crippen molar-refractivity contribution in [2.45, 2.75) is 68.7 Å². The molecule has 2 unspecified atom stereocenters. The van der Waals surface area contributed by atoms with E-state index in [-0.39, 0.29) is 23.3 Å². The second-order valence-corrected chi connectivity index (χ2v) is 11.6. The van der Waals surface area contributed by atoms with Crippen LogP contribution < -0.4 is 5.32 Å².